The molecular weight excluding hydrogens is 745 g/mol. The molecule has 0 fully saturated rings. The SMILES string of the molecule is CC/C=C\C/C=C\C/C=C\CCCCCCCC(=O)OC(COC(=O)CCCCCCCC)COC(=O)CCCCCCCC/C=C\C/C=C\C/C=C\CCCCCCC. The van der Waals surface area contributed by atoms with Crippen LogP contribution in [0.5, 0.6) is 0 Å². The van der Waals surface area contributed by atoms with Gasteiger partial charge in [-0.05, 0) is 89.9 Å². The lowest BCUT2D eigenvalue weighted by atomic mass is 10.1. The summed E-state index contributed by atoms with van der Waals surface area (Å²) in [4.78, 5) is 37.7. The number of carbonyl (C=O) groups excluding carboxylic acids is 3. The van der Waals surface area contributed by atoms with Crippen LogP contribution in [0.4, 0.5) is 0 Å². The van der Waals surface area contributed by atoms with Crippen molar-refractivity contribution in [2.24, 2.45) is 0 Å². The average Bonchev–Trinajstić information content (AvgIpc) is 3.24. The molecule has 0 bridgehead atoms. The lowest BCUT2D eigenvalue weighted by Gasteiger charge is -2.18. The summed E-state index contributed by atoms with van der Waals surface area (Å²) in [5.41, 5.74) is 0. The lowest BCUT2D eigenvalue weighted by molar-refractivity contribution is -0.167. The molecule has 1 atom stereocenters. The quantitative estimate of drug-likeness (QED) is 0.0263. The third kappa shape index (κ3) is 45.9. The minimum atomic E-state index is -0.786. The summed E-state index contributed by atoms with van der Waals surface area (Å²) < 4.78 is 16.7. The van der Waals surface area contributed by atoms with Gasteiger partial charge < -0.3 is 14.2 Å². The maximum atomic E-state index is 12.7. The number of allylic oxidation sites excluding steroid dienone is 12. The van der Waals surface area contributed by atoms with Gasteiger partial charge in [0.2, 0.25) is 0 Å². The van der Waals surface area contributed by atoms with Crippen molar-refractivity contribution in [3.63, 3.8) is 0 Å². The molecule has 344 valence electrons. The fourth-order valence-electron chi connectivity index (χ4n) is 6.70. The zero-order chi connectivity index (χ0) is 43.7. The molecule has 0 saturated carbocycles. The van der Waals surface area contributed by atoms with E-state index >= 15 is 0 Å². The van der Waals surface area contributed by atoms with Crippen LogP contribution in [0.15, 0.2) is 72.9 Å². The maximum Gasteiger partial charge on any atom is 0.306 e. The van der Waals surface area contributed by atoms with E-state index in [1.807, 2.05) is 0 Å². The van der Waals surface area contributed by atoms with E-state index in [0.29, 0.717) is 19.3 Å². The van der Waals surface area contributed by atoms with Crippen LogP contribution >= 0.6 is 0 Å². The molecule has 0 aliphatic rings. The topological polar surface area (TPSA) is 78.9 Å². The zero-order valence-corrected chi connectivity index (χ0v) is 39.2. The van der Waals surface area contributed by atoms with Crippen LogP contribution in [0.1, 0.15) is 233 Å². The zero-order valence-electron chi connectivity index (χ0n) is 39.2. The smallest absolute Gasteiger partial charge is 0.306 e. The molecule has 1 unspecified atom stereocenters. The van der Waals surface area contributed by atoms with Crippen molar-refractivity contribution in [1.29, 1.82) is 0 Å². The van der Waals surface area contributed by atoms with E-state index in [9.17, 15) is 14.4 Å². The molecule has 0 aliphatic carbocycles. The van der Waals surface area contributed by atoms with Crippen LogP contribution in [0.25, 0.3) is 0 Å². The number of esters is 3. The van der Waals surface area contributed by atoms with E-state index in [1.54, 1.807) is 0 Å². The first-order valence-electron chi connectivity index (χ1n) is 24.9. The fourth-order valence-corrected chi connectivity index (χ4v) is 6.70. The van der Waals surface area contributed by atoms with E-state index in [2.05, 4.69) is 93.7 Å². The molecule has 6 heteroatoms. The van der Waals surface area contributed by atoms with E-state index in [0.717, 1.165) is 116 Å². The summed E-state index contributed by atoms with van der Waals surface area (Å²) in [7, 11) is 0. The molecule has 0 aromatic heterocycles. The Labute approximate surface area is 370 Å². The Kier molecular flexibility index (Phi) is 46.0. The van der Waals surface area contributed by atoms with Gasteiger partial charge in [-0.3, -0.25) is 14.4 Å². The van der Waals surface area contributed by atoms with E-state index in [4.69, 9.17) is 14.2 Å². The van der Waals surface area contributed by atoms with Gasteiger partial charge in [-0.2, -0.15) is 0 Å². The van der Waals surface area contributed by atoms with Crippen molar-refractivity contribution in [3.8, 4) is 0 Å². The summed E-state index contributed by atoms with van der Waals surface area (Å²) in [6, 6.07) is 0. The first kappa shape index (κ1) is 56.9. The summed E-state index contributed by atoms with van der Waals surface area (Å²) >= 11 is 0. The summed E-state index contributed by atoms with van der Waals surface area (Å²) in [6.45, 7) is 6.42. The molecule has 0 saturated heterocycles. The Morgan fingerprint density at radius 2 is 0.650 bits per heavy atom. The molecule has 0 N–H and O–H groups in total. The van der Waals surface area contributed by atoms with Crippen LogP contribution in [-0.2, 0) is 28.6 Å². The molecule has 0 rings (SSSR count). The number of hydrogen-bond donors (Lipinski definition) is 0. The first-order chi connectivity index (χ1) is 29.5. The molecule has 0 spiro atoms. The van der Waals surface area contributed by atoms with Gasteiger partial charge in [0.05, 0.1) is 0 Å². The molecule has 0 aromatic rings. The van der Waals surface area contributed by atoms with E-state index in [-0.39, 0.29) is 31.1 Å². The van der Waals surface area contributed by atoms with Crippen molar-refractivity contribution in [2.45, 2.75) is 239 Å². The van der Waals surface area contributed by atoms with Gasteiger partial charge in [0, 0.05) is 19.3 Å². The largest absolute Gasteiger partial charge is 0.462 e. The normalized spacial score (nSPS) is 12.7. The van der Waals surface area contributed by atoms with Crippen LogP contribution < -0.4 is 0 Å². The maximum absolute atomic E-state index is 12.7. The van der Waals surface area contributed by atoms with Crippen LogP contribution in [-0.4, -0.2) is 37.2 Å². The highest BCUT2D eigenvalue weighted by Crippen LogP contribution is 2.13. The molecule has 0 heterocycles. The highest BCUT2D eigenvalue weighted by Gasteiger charge is 2.19. The molecule has 0 aliphatic heterocycles. The highest BCUT2D eigenvalue weighted by atomic mass is 16.6. The summed E-state index contributed by atoms with van der Waals surface area (Å²) in [5.74, 6) is -0.929. The van der Waals surface area contributed by atoms with Crippen molar-refractivity contribution >= 4 is 17.9 Å². The third-order valence-corrected chi connectivity index (χ3v) is 10.4. The predicted octanol–water partition coefficient (Wildman–Crippen LogP) is 16.3. The minimum Gasteiger partial charge on any atom is -0.462 e. The standard InChI is InChI=1S/C54H92O6/c1-4-7-10-13-16-18-20-22-24-25-26-27-28-29-31-32-34-36-38-41-44-47-53(56)59-50-51(49-58-52(55)46-43-40-15-12-9-6-3)60-54(57)48-45-42-39-37-35-33-30-23-21-19-17-14-11-8-5-2/h8,11,17,19-20,22-23,25-26,28-30,51H,4-7,9-10,12-16,18,21,24,27,31-50H2,1-3H3/b11-8-,19-17-,22-20-,26-25-,29-28-,30-23-. The summed E-state index contributed by atoms with van der Waals surface area (Å²) in [6.07, 6.45) is 60.5. The lowest BCUT2D eigenvalue weighted by Crippen LogP contribution is -2.30. The van der Waals surface area contributed by atoms with E-state index in [1.165, 1.54) is 77.0 Å². The van der Waals surface area contributed by atoms with Crippen molar-refractivity contribution in [1.82, 2.24) is 0 Å². The predicted molar refractivity (Wildman–Crippen MR) is 256 cm³/mol. The Morgan fingerprint density at radius 1 is 0.350 bits per heavy atom. The van der Waals surface area contributed by atoms with Crippen molar-refractivity contribution in [3.05, 3.63) is 72.9 Å². The van der Waals surface area contributed by atoms with Gasteiger partial charge in [-0.15, -0.1) is 0 Å². The van der Waals surface area contributed by atoms with Crippen molar-refractivity contribution in [2.75, 3.05) is 13.2 Å². The Balaban J connectivity index is 4.26. The second-order valence-electron chi connectivity index (χ2n) is 16.3. The molecule has 0 radical (unpaired) electrons. The van der Waals surface area contributed by atoms with E-state index < -0.39 is 6.10 Å². The first-order valence-corrected chi connectivity index (χ1v) is 24.9. The summed E-state index contributed by atoms with van der Waals surface area (Å²) in [5, 5.41) is 0. The number of unbranched alkanes of at least 4 members (excludes halogenated alkanes) is 21. The number of ether oxygens (including phenoxy) is 3. The Bertz CT molecular complexity index is 1140. The average molecular weight is 837 g/mol. The van der Waals surface area contributed by atoms with Gasteiger partial charge in [0.25, 0.3) is 0 Å². The van der Waals surface area contributed by atoms with Gasteiger partial charge in [0.1, 0.15) is 13.2 Å². The Morgan fingerprint density at radius 3 is 1.02 bits per heavy atom. The Hall–Kier alpha value is -3.15. The molecule has 0 aromatic carbocycles. The van der Waals surface area contributed by atoms with Crippen LogP contribution in [0, 0.1) is 0 Å². The monoisotopic (exact) mass is 837 g/mol. The second-order valence-corrected chi connectivity index (χ2v) is 16.3. The van der Waals surface area contributed by atoms with Gasteiger partial charge in [-0.25, -0.2) is 0 Å². The fraction of sp³-hybridized carbons (Fsp3) is 0.722. The molecular formula is C54H92O6. The molecule has 0 amide bonds. The van der Waals surface area contributed by atoms with Gasteiger partial charge >= 0.3 is 17.9 Å². The minimum absolute atomic E-state index is 0.0876. The molecule has 60 heavy (non-hydrogen) atoms. The third-order valence-electron chi connectivity index (χ3n) is 10.4. The highest BCUT2D eigenvalue weighted by molar-refractivity contribution is 5.71. The number of hydrogen-bond acceptors (Lipinski definition) is 6. The second kappa shape index (κ2) is 48.5. The van der Waals surface area contributed by atoms with Crippen molar-refractivity contribution < 1.29 is 28.6 Å². The van der Waals surface area contributed by atoms with Gasteiger partial charge in [-0.1, -0.05) is 196 Å². The van der Waals surface area contributed by atoms with Crippen LogP contribution in [0.3, 0.4) is 0 Å². The molecule has 6 nitrogen and oxygen atoms in total. The number of rotatable bonds is 44. The number of carbonyl (C=O) groups is 3. The van der Waals surface area contributed by atoms with Gasteiger partial charge in [0.15, 0.2) is 6.10 Å². The van der Waals surface area contributed by atoms with Crippen LogP contribution in [0.2, 0.25) is 0 Å².